The number of rotatable bonds is 4. The van der Waals surface area contributed by atoms with E-state index in [0.717, 1.165) is 22.0 Å². The molecule has 0 fully saturated rings. The summed E-state index contributed by atoms with van der Waals surface area (Å²) in [5.41, 5.74) is 3.02. The third kappa shape index (κ3) is 2.43. The lowest BCUT2D eigenvalue weighted by Gasteiger charge is -2.02. The SMILES string of the molecule is COCc1c(C(=O)Nc2nc3ccccc3[nH]2)oc2ccccc12. The molecule has 0 saturated carbocycles. The molecule has 1 amide bonds. The summed E-state index contributed by atoms with van der Waals surface area (Å²) in [7, 11) is 1.59. The van der Waals surface area contributed by atoms with Crippen LogP contribution in [0.15, 0.2) is 52.9 Å². The normalized spacial score (nSPS) is 11.2. The number of anilines is 1. The molecule has 6 heteroatoms. The Bertz CT molecular complexity index is 999. The first-order chi connectivity index (χ1) is 11.8. The van der Waals surface area contributed by atoms with E-state index in [1.165, 1.54) is 0 Å². The summed E-state index contributed by atoms with van der Waals surface area (Å²) in [6, 6.07) is 15.1. The van der Waals surface area contributed by atoms with Gasteiger partial charge in [0.1, 0.15) is 5.58 Å². The Morgan fingerprint density at radius 1 is 1.21 bits per heavy atom. The molecule has 0 unspecified atom stereocenters. The van der Waals surface area contributed by atoms with E-state index < -0.39 is 0 Å². The second-order valence-corrected chi connectivity index (χ2v) is 5.40. The number of nitrogens with zero attached hydrogens (tertiary/aromatic N) is 1. The van der Waals surface area contributed by atoms with E-state index in [-0.39, 0.29) is 11.7 Å². The summed E-state index contributed by atoms with van der Waals surface area (Å²) in [6.07, 6.45) is 0. The summed E-state index contributed by atoms with van der Waals surface area (Å²) >= 11 is 0. The highest BCUT2D eigenvalue weighted by Gasteiger charge is 2.21. The number of para-hydroxylation sites is 3. The minimum atomic E-state index is -0.364. The molecule has 4 aromatic rings. The van der Waals surface area contributed by atoms with Crippen LogP contribution in [0.2, 0.25) is 0 Å². The fourth-order valence-electron chi connectivity index (χ4n) is 2.75. The predicted molar refractivity (Wildman–Crippen MR) is 91.0 cm³/mol. The largest absolute Gasteiger partial charge is 0.451 e. The zero-order valence-corrected chi connectivity index (χ0v) is 13.0. The molecule has 0 radical (unpaired) electrons. The molecular weight excluding hydrogens is 306 g/mol. The number of benzene rings is 2. The van der Waals surface area contributed by atoms with Crippen molar-refractivity contribution in [3.05, 3.63) is 59.9 Å². The molecule has 6 nitrogen and oxygen atoms in total. The van der Waals surface area contributed by atoms with Crippen molar-refractivity contribution in [1.29, 1.82) is 0 Å². The molecular formula is C18H15N3O3. The molecule has 0 aliphatic heterocycles. The van der Waals surface area contributed by atoms with Gasteiger partial charge >= 0.3 is 0 Å². The molecule has 0 atom stereocenters. The number of furan rings is 1. The van der Waals surface area contributed by atoms with E-state index in [9.17, 15) is 4.79 Å². The molecule has 24 heavy (non-hydrogen) atoms. The highest BCUT2D eigenvalue weighted by molar-refractivity contribution is 6.06. The quantitative estimate of drug-likeness (QED) is 0.600. The van der Waals surface area contributed by atoms with Crippen molar-refractivity contribution in [1.82, 2.24) is 9.97 Å². The Morgan fingerprint density at radius 2 is 2.00 bits per heavy atom. The lowest BCUT2D eigenvalue weighted by molar-refractivity contribution is 0.0991. The number of aromatic nitrogens is 2. The molecule has 2 aromatic heterocycles. The smallest absolute Gasteiger partial charge is 0.294 e. The number of amides is 1. The topological polar surface area (TPSA) is 80.1 Å². The van der Waals surface area contributed by atoms with E-state index in [4.69, 9.17) is 9.15 Å². The average molecular weight is 321 g/mol. The van der Waals surface area contributed by atoms with Crippen LogP contribution in [-0.4, -0.2) is 23.0 Å². The molecule has 2 N–H and O–H groups in total. The minimum Gasteiger partial charge on any atom is -0.451 e. The molecule has 0 aliphatic rings. The first-order valence-corrected chi connectivity index (χ1v) is 7.51. The lowest BCUT2D eigenvalue weighted by atomic mass is 10.1. The number of carbonyl (C=O) groups is 1. The maximum Gasteiger partial charge on any atom is 0.294 e. The molecule has 4 rings (SSSR count). The van der Waals surface area contributed by atoms with Gasteiger partial charge in [-0.05, 0) is 18.2 Å². The van der Waals surface area contributed by atoms with Gasteiger partial charge in [-0.25, -0.2) is 4.98 Å². The second kappa shape index (κ2) is 5.82. The van der Waals surface area contributed by atoms with Crippen molar-refractivity contribution in [3.63, 3.8) is 0 Å². The van der Waals surface area contributed by atoms with Crippen LogP contribution in [0.5, 0.6) is 0 Å². The molecule has 2 heterocycles. The minimum absolute atomic E-state index is 0.235. The number of ether oxygens (including phenoxy) is 1. The predicted octanol–water partition coefficient (Wildman–Crippen LogP) is 3.71. The maximum atomic E-state index is 12.6. The van der Waals surface area contributed by atoms with E-state index in [1.54, 1.807) is 7.11 Å². The molecule has 2 aromatic carbocycles. The van der Waals surface area contributed by atoms with Gasteiger partial charge in [0, 0.05) is 18.1 Å². The van der Waals surface area contributed by atoms with Crippen LogP contribution < -0.4 is 5.32 Å². The summed E-state index contributed by atoms with van der Waals surface area (Å²) < 4.78 is 10.9. The monoisotopic (exact) mass is 321 g/mol. The maximum absolute atomic E-state index is 12.6. The van der Waals surface area contributed by atoms with E-state index in [1.807, 2.05) is 48.5 Å². The van der Waals surface area contributed by atoms with Gasteiger partial charge in [0.15, 0.2) is 5.76 Å². The van der Waals surface area contributed by atoms with Gasteiger partial charge in [0.25, 0.3) is 5.91 Å². The lowest BCUT2D eigenvalue weighted by Crippen LogP contribution is -2.14. The number of nitrogens with one attached hydrogen (secondary N) is 2. The Labute approximate surface area is 137 Å². The van der Waals surface area contributed by atoms with Crippen LogP contribution in [0, 0.1) is 0 Å². The average Bonchev–Trinajstić information content (AvgIpc) is 3.16. The van der Waals surface area contributed by atoms with Crippen LogP contribution in [0.25, 0.3) is 22.0 Å². The second-order valence-electron chi connectivity index (χ2n) is 5.40. The third-order valence-corrected chi connectivity index (χ3v) is 3.81. The molecule has 0 aliphatic carbocycles. The fraction of sp³-hybridized carbons (Fsp3) is 0.111. The van der Waals surface area contributed by atoms with Gasteiger partial charge < -0.3 is 14.1 Å². The van der Waals surface area contributed by atoms with Crippen molar-refractivity contribution < 1.29 is 13.9 Å². The van der Waals surface area contributed by atoms with E-state index in [0.29, 0.717) is 18.1 Å². The van der Waals surface area contributed by atoms with Gasteiger partial charge in [-0.3, -0.25) is 10.1 Å². The van der Waals surface area contributed by atoms with Crippen molar-refractivity contribution in [2.24, 2.45) is 0 Å². The van der Waals surface area contributed by atoms with Crippen LogP contribution in [0.4, 0.5) is 5.95 Å². The van der Waals surface area contributed by atoms with Crippen molar-refractivity contribution in [3.8, 4) is 0 Å². The number of fused-ring (bicyclic) bond motifs is 2. The van der Waals surface area contributed by atoms with Crippen molar-refractivity contribution in [2.75, 3.05) is 12.4 Å². The number of carbonyl (C=O) groups excluding carboxylic acids is 1. The van der Waals surface area contributed by atoms with Gasteiger partial charge in [-0.1, -0.05) is 30.3 Å². The number of hydrogen-bond acceptors (Lipinski definition) is 4. The van der Waals surface area contributed by atoms with Crippen LogP contribution in [0.3, 0.4) is 0 Å². The Balaban J connectivity index is 1.71. The van der Waals surface area contributed by atoms with Gasteiger partial charge in [-0.15, -0.1) is 0 Å². The van der Waals surface area contributed by atoms with Crippen molar-refractivity contribution in [2.45, 2.75) is 6.61 Å². The zero-order valence-electron chi connectivity index (χ0n) is 13.0. The molecule has 0 saturated heterocycles. The molecule has 120 valence electrons. The number of H-pyrrole nitrogens is 1. The Morgan fingerprint density at radius 3 is 2.83 bits per heavy atom. The first-order valence-electron chi connectivity index (χ1n) is 7.51. The van der Waals surface area contributed by atoms with Crippen LogP contribution in [0.1, 0.15) is 16.1 Å². The van der Waals surface area contributed by atoms with Crippen LogP contribution >= 0.6 is 0 Å². The van der Waals surface area contributed by atoms with Gasteiger partial charge in [0.2, 0.25) is 5.95 Å². The summed E-state index contributed by atoms with van der Waals surface area (Å²) in [4.78, 5) is 20.0. The van der Waals surface area contributed by atoms with Gasteiger partial charge in [0.05, 0.1) is 17.6 Å². The number of hydrogen-bond donors (Lipinski definition) is 2. The standard InChI is InChI=1S/C18H15N3O3/c1-23-10-12-11-6-2-5-9-15(11)24-16(12)17(22)21-18-19-13-7-3-4-8-14(13)20-18/h2-9H,10H2,1H3,(H2,19,20,21,22). The Kier molecular flexibility index (Phi) is 3.51. The highest BCUT2D eigenvalue weighted by Crippen LogP contribution is 2.27. The zero-order chi connectivity index (χ0) is 16.5. The van der Waals surface area contributed by atoms with Crippen molar-refractivity contribution >= 4 is 33.9 Å². The fourth-order valence-corrected chi connectivity index (χ4v) is 2.75. The van der Waals surface area contributed by atoms with E-state index >= 15 is 0 Å². The number of aromatic amines is 1. The Hall–Kier alpha value is -3.12. The molecule has 0 bridgehead atoms. The molecule has 0 spiro atoms. The number of imidazole rings is 1. The summed E-state index contributed by atoms with van der Waals surface area (Å²) in [6.45, 7) is 0.292. The summed E-state index contributed by atoms with van der Waals surface area (Å²) in [5.74, 6) is 0.251. The highest BCUT2D eigenvalue weighted by atomic mass is 16.5. The third-order valence-electron chi connectivity index (χ3n) is 3.81. The summed E-state index contributed by atoms with van der Waals surface area (Å²) in [5, 5.41) is 3.62. The van der Waals surface area contributed by atoms with E-state index in [2.05, 4.69) is 15.3 Å². The van der Waals surface area contributed by atoms with Crippen LogP contribution in [-0.2, 0) is 11.3 Å². The number of methoxy groups -OCH3 is 1. The van der Waals surface area contributed by atoms with Gasteiger partial charge in [-0.2, -0.15) is 0 Å². The first kappa shape index (κ1) is 14.5.